The maximum atomic E-state index is 15.3. The summed E-state index contributed by atoms with van der Waals surface area (Å²) < 4.78 is 20.8. The number of hydrogen-bond acceptors (Lipinski definition) is 5. The summed E-state index contributed by atoms with van der Waals surface area (Å²) in [5.41, 5.74) is 3.19. The highest BCUT2D eigenvalue weighted by Crippen LogP contribution is 2.45. The minimum Gasteiger partial charge on any atom is -0.506 e. The van der Waals surface area contributed by atoms with Gasteiger partial charge < -0.3 is 14.7 Å². The largest absolute Gasteiger partial charge is 0.506 e. The summed E-state index contributed by atoms with van der Waals surface area (Å²) in [6.45, 7) is 13.8. The van der Waals surface area contributed by atoms with Crippen LogP contribution < -0.4 is 10.0 Å². The highest BCUT2D eigenvalue weighted by molar-refractivity contribution is 7.98. The second-order valence-corrected chi connectivity index (χ2v) is 16.5. The first kappa shape index (κ1) is 24.0. The van der Waals surface area contributed by atoms with Gasteiger partial charge in [0.25, 0.3) is 0 Å². The zero-order valence-electron chi connectivity index (χ0n) is 19.7. The van der Waals surface area contributed by atoms with E-state index in [9.17, 15) is 5.11 Å². The lowest BCUT2D eigenvalue weighted by Gasteiger charge is -2.44. The van der Waals surface area contributed by atoms with E-state index in [1.807, 2.05) is 6.07 Å². The summed E-state index contributed by atoms with van der Waals surface area (Å²) in [6.07, 6.45) is 2.14. The Morgan fingerprint density at radius 3 is 2.39 bits per heavy atom. The summed E-state index contributed by atoms with van der Waals surface area (Å²) >= 11 is 7.26. The van der Waals surface area contributed by atoms with Gasteiger partial charge in [-0.05, 0) is 59.0 Å². The van der Waals surface area contributed by atoms with Gasteiger partial charge in [0, 0.05) is 22.0 Å². The van der Waals surface area contributed by atoms with Crippen LogP contribution in [0.2, 0.25) is 21.6 Å². The number of benzene rings is 2. The zero-order chi connectivity index (χ0) is 24.1. The molecule has 1 aromatic heterocycles. The van der Waals surface area contributed by atoms with Crippen LogP contribution in [0.1, 0.15) is 41.5 Å². The second kappa shape index (κ2) is 8.89. The monoisotopic (exact) mass is 504 g/mol. The van der Waals surface area contributed by atoms with Crippen LogP contribution in [0.25, 0.3) is 10.9 Å². The highest BCUT2D eigenvalue weighted by Gasteiger charge is 2.45. The molecule has 2 aromatic carbocycles. The number of rotatable bonds is 5. The van der Waals surface area contributed by atoms with Crippen LogP contribution in [0.5, 0.6) is 5.75 Å². The van der Waals surface area contributed by atoms with E-state index in [1.54, 1.807) is 12.1 Å². The third-order valence-corrected chi connectivity index (χ3v) is 14.5. The minimum absolute atomic E-state index is 0.0174. The zero-order valence-corrected chi connectivity index (χ0v) is 22.3. The first-order chi connectivity index (χ1) is 15.5. The van der Waals surface area contributed by atoms with Gasteiger partial charge in [-0.25, -0.2) is 9.38 Å². The number of guanidine groups is 1. The van der Waals surface area contributed by atoms with Crippen LogP contribution >= 0.6 is 23.5 Å². The van der Waals surface area contributed by atoms with Crippen molar-refractivity contribution in [3.05, 3.63) is 47.4 Å². The van der Waals surface area contributed by atoms with E-state index in [4.69, 9.17) is 11.6 Å². The van der Waals surface area contributed by atoms with Crippen LogP contribution in [0.3, 0.4) is 0 Å². The molecule has 2 heterocycles. The molecule has 33 heavy (non-hydrogen) atoms. The molecule has 1 aliphatic heterocycles. The van der Waals surface area contributed by atoms with Crippen LogP contribution in [0, 0.1) is 5.82 Å². The molecule has 9 heteroatoms. The molecule has 0 aliphatic carbocycles. The number of phenols is 1. The van der Waals surface area contributed by atoms with Crippen molar-refractivity contribution in [3.8, 4) is 5.75 Å². The van der Waals surface area contributed by atoms with Crippen molar-refractivity contribution in [1.29, 1.82) is 0 Å². The number of aliphatic imine (C=N–C) groups is 1. The SMILES string of the molecule is CC(C)[Si](C(C)C)(C(C)C)n1ccc2cc(NC3=Nc4c(O)cc(Cl)cc4SN3)c(F)cc21. The van der Waals surface area contributed by atoms with Gasteiger partial charge in [-0.15, -0.1) is 0 Å². The first-order valence-electron chi connectivity index (χ1n) is 11.2. The van der Waals surface area contributed by atoms with E-state index in [1.165, 1.54) is 18.0 Å². The summed E-state index contributed by atoms with van der Waals surface area (Å²) in [4.78, 5) is 5.12. The Bertz CT molecular complexity index is 1220. The lowest BCUT2D eigenvalue weighted by Crippen LogP contribution is -2.51. The van der Waals surface area contributed by atoms with Crippen molar-refractivity contribution >= 4 is 60.0 Å². The normalized spacial score (nSPS) is 14.1. The minimum atomic E-state index is -2.00. The Balaban J connectivity index is 1.74. The highest BCUT2D eigenvalue weighted by atomic mass is 35.5. The number of phenolic OH excluding ortho intramolecular Hbond substituents is 1. The number of nitrogens with one attached hydrogen (secondary N) is 2. The number of halogens is 2. The maximum absolute atomic E-state index is 15.3. The Hall–Kier alpha value is -2.16. The van der Waals surface area contributed by atoms with Gasteiger partial charge in [0.05, 0.1) is 10.6 Å². The fourth-order valence-electron chi connectivity index (χ4n) is 5.59. The molecular formula is C24H30ClFN4OSSi. The number of hydrogen-bond donors (Lipinski definition) is 3. The summed E-state index contributed by atoms with van der Waals surface area (Å²) in [5, 5.41) is 14.6. The Labute approximate surface area is 204 Å². The molecule has 5 nitrogen and oxygen atoms in total. The average Bonchev–Trinajstić information content (AvgIpc) is 3.11. The Morgan fingerprint density at radius 2 is 1.76 bits per heavy atom. The van der Waals surface area contributed by atoms with Gasteiger partial charge in [-0.2, -0.15) is 0 Å². The van der Waals surface area contributed by atoms with Crippen molar-refractivity contribution in [1.82, 2.24) is 8.95 Å². The lowest BCUT2D eigenvalue weighted by atomic mass is 10.2. The van der Waals surface area contributed by atoms with Crippen molar-refractivity contribution in [3.63, 3.8) is 0 Å². The standard InChI is InChI=1S/C24H30ClFN4OSSi/c1-13(2)33(14(3)4,15(5)6)30-8-7-16-9-19(18(26)12-20(16)30)27-24-28-23-21(31)10-17(25)11-22(23)32-29-24/h7-15,31H,1-6H3,(H2,27,28,29). The predicted octanol–water partition coefficient (Wildman–Crippen LogP) is 7.87. The van der Waals surface area contributed by atoms with Crippen molar-refractivity contribution < 1.29 is 9.50 Å². The van der Waals surface area contributed by atoms with Gasteiger partial charge in [-0.3, -0.25) is 4.72 Å². The van der Waals surface area contributed by atoms with Crippen molar-refractivity contribution in [2.75, 3.05) is 5.32 Å². The molecule has 3 aromatic rings. The van der Waals surface area contributed by atoms with Gasteiger partial charge in [0.1, 0.15) is 17.3 Å². The maximum Gasteiger partial charge on any atom is 0.211 e. The van der Waals surface area contributed by atoms with E-state index < -0.39 is 8.24 Å². The van der Waals surface area contributed by atoms with Crippen LogP contribution in [-0.2, 0) is 0 Å². The fraction of sp³-hybridized carbons (Fsp3) is 0.375. The van der Waals surface area contributed by atoms with E-state index >= 15 is 4.39 Å². The van der Waals surface area contributed by atoms with Gasteiger partial charge in [0.2, 0.25) is 5.96 Å². The predicted molar refractivity (Wildman–Crippen MR) is 141 cm³/mol. The number of aromatic nitrogens is 1. The molecule has 0 saturated carbocycles. The summed E-state index contributed by atoms with van der Waals surface area (Å²) in [5.74, 6) is -0.0172. The summed E-state index contributed by atoms with van der Waals surface area (Å²) in [7, 11) is -2.00. The van der Waals surface area contributed by atoms with Crippen LogP contribution in [0.15, 0.2) is 46.4 Å². The Morgan fingerprint density at radius 1 is 1.09 bits per heavy atom. The Kier molecular flexibility index (Phi) is 6.46. The van der Waals surface area contributed by atoms with Gasteiger partial charge in [0.15, 0.2) is 8.24 Å². The molecule has 4 rings (SSSR count). The molecule has 0 unspecified atom stereocenters. The molecule has 0 spiro atoms. The molecule has 0 atom stereocenters. The first-order valence-corrected chi connectivity index (χ1v) is 14.5. The molecule has 0 bridgehead atoms. The van der Waals surface area contributed by atoms with E-state index in [2.05, 4.69) is 73.1 Å². The molecule has 0 amide bonds. The molecule has 3 N–H and O–H groups in total. The van der Waals surface area contributed by atoms with Gasteiger partial charge in [-0.1, -0.05) is 53.1 Å². The topological polar surface area (TPSA) is 61.6 Å². The molecule has 0 fully saturated rings. The van der Waals surface area contributed by atoms with E-state index in [-0.39, 0.29) is 11.6 Å². The average molecular weight is 505 g/mol. The molecule has 1 aliphatic rings. The van der Waals surface area contributed by atoms with E-state index in [0.717, 1.165) is 10.9 Å². The number of nitrogens with zero attached hydrogens (tertiary/aromatic N) is 2. The molecule has 176 valence electrons. The van der Waals surface area contributed by atoms with Gasteiger partial charge >= 0.3 is 0 Å². The number of aromatic hydroxyl groups is 1. The molecule has 0 saturated heterocycles. The van der Waals surface area contributed by atoms with Crippen molar-refractivity contribution in [2.45, 2.75) is 63.1 Å². The quantitative estimate of drug-likeness (QED) is 0.244. The third-order valence-electron chi connectivity index (χ3n) is 6.72. The third kappa shape index (κ3) is 4.02. The summed E-state index contributed by atoms with van der Waals surface area (Å²) in [6, 6.07) is 8.69. The second-order valence-electron chi connectivity index (χ2n) is 9.49. The molecule has 0 radical (unpaired) electrons. The smallest absolute Gasteiger partial charge is 0.211 e. The number of anilines is 1. The van der Waals surface area contributed by atoms with Crippen LogP contribution in [0.4, 0.5) is 15.8 Å². The van der Waals surface area contributed by atoms with E-state index in [0.29, 0.717) is 43.9 Å². The number of fused-ring (bicyclic) bond motifs is 2. The molecular weight excluding hydrogens is 475 g/mol. The van der Waals surface area contributed by atoms with Crippen molar-refractivity contribution in [2.24, 2.45) is 4.99 Å². The fourth-order valence-corrected chi connectivity index (χ4v) is 13.2. The van der Waals surface area contributed by atoms with Crippen LogP contribution in [-0.4, -0.2) is 23.5 Å². The lowest BCUT2D eigenvalue weighted by molar-refractivity contribution is 0.475.